The van der Waals surface area contributed by atoms with Gasteiger partial charge in [0.15, 0.2) is 0 Å². The van der Waals surface area contributed by atoms with Gasteiger partial charge in [-0.05, 0) is 67.4 Å². The van der Waals surface area contributed by atoms with Gasteiger partial charge in [-0.1, -0.05) is 35.9 Å². The smallest absolute Gasteiger partial charge is 0.0599 e. The second kappa shape index (κ2) is 6.83. The van der Waals surface area contributed by atoms with E-state index >= 15 is 0 Å². The number of hydrogen-bond donors (Lipinski definition) is 2. The monoisotopic (exact) mass is 368 g/mol. The lowest BCUT2D eigenvalue weighted by Gasteiger charge is -2.04. The molecule has 0 aliphatic carbocycles. The van der Waals surface area contributed by atoms with Gasteiger partial charge < -0.3 is 10.7 Å². The van der Waals surface area contributed by atoms with Crippen molar-refractivity contribution in [1.29, 1.82) is 0 Å². The van der Waals surface area contributed by atoms with E-state index in [4.69, 9.17) is 17.3 Å². The highest BCUT2D eigenvalue weighted by atomic mass is 35.5. The van der Waals surface area contributed by atoms with Crippen LogP contribution in [0.25, 0.3) is 31.6 Å². The van der Waals surface area contributed by atoms with Gasteiger partial charge in [-0.3, -0.25) is 0 Å². The van der Waals surface area contributed by atoms with Gasteiger partial charge >= 0.3 is 0 Å². The highest BCUT2D eigenvalue weighted by molar-refractivity contribution is 7.22. The summed E-state index contributed by atoms with van der Waals surface area (Å²) in [5.74, 6) is 0. The maximum Gasteiger partial charge on any atom is 0.0599 e. The van der Waals surface area contributed by atoms with Crippen LogP contribution < -0.4 is 5.73 Å². The molecule has 0 amide bonds. The number of nitrogens with two attached hydrogens (primary N) is 1. The quantitative estimate of drug-likeness (QED) is 0.399. The molecule has 0 bridgehead atoms. The van der Waals surface area contributed by atoms with Gasteiger partial charge in [-0.15, -0.1) is 11.3 Å². The predicted octanol–water partition coefficient (Wildman–Crippen LogP) is 6.29. The summed E-state index contributed by atoms with van der Waals surface area (Å²) in [7, 11) is 0. The zero-order valence-corrected chi connectivity index (χ0v) is 15.8. The van der Waals surface area contributed by atoms with Crippen molar-refractivity contribution in [2.45, 2.75) is 26.2 Å². The Hall–Kier alpha value is -1.81. The number of hydrogen-bond acceptors (Lipinski definition) is 2. The number of rotatable bonds is 5. The molecule has 0 aliphatic rings. The molecular weight excluding hydrogens is 348 g/mol. The molecule has 2 aromatic heterocycles. The maximum atomic E-state index is 6.59. The first-order valence-corrected chi connectivity index (χ1v) is 9.87. The standard InChI is InChI=1S/C21H21ClN2S/c1-13-9-10-16(22)19-15(7-4-5-11-23)21(24-20(13)19)18-12-14-6-2-3-8-17(14)25-18/h2-3,6,8-10,12,24H,4-5,7,11,23H2,1H3. The molecule has 0 unspecified atom stereocenters. The van der Waals surface area contributed by atoms with E-state index in [1.54, 1.807) is 0 Å². The molecule has 0 fully saturated rings. The number of halogens is 1. The van der Waals surface area contributed by atoms with Crippen LogP contribution in [-0.2, 0) is 6.42 Å². The van der Waals surface area contributed by atoms with Gasteiger partial charge in [0.25, 0.3) is 0 Å². The fourth-order valence-electron chi connectivity index (χ4n) is 3.47. The minimum Gasteiger partial charge on any atom is -0.353 e. The number of fused-ring (bicyclic) bond motifs is 2. The molecule has 0 aliphatic heterocycles. The van der Waals surface area contributed by atoms with E-state index < -0.39 is 0 Å². The van der Waals surface area contributed by atoms with E-state index in [1.165, 1.54) is 37.2 Å². The maximum absolute atomic E-state index is 6.59. The highest BCUT2D eigenvalue weighted by Gasteiger charge is 2.18. The summed E-state index contributed by atoms with van der Waals surface area (Å²) in [5.41, 5.74) is 10.6. The van der Waals surface area contributed by atoms with Crippen molar-refractivity contribution >= 4 is 43.9 Å². The molecule has 4 aromatic rings. The first kappa shape index (κ1) is 16.6. The Kier molecular flexibility index (Phi) is 4.55. The van der Waals surface area contributed by atoms with Crippen molar-refractivity contribution in [3.8, 4) is 10.6 Å². The summed E-state index contributed by atoms with van der Waals surface area (Å²) in [4.78, 5) is 4.95. The SMILES string of the molecule is Cc1ccc(Cl)c2c(CCCCN)c(-c3cc4ccccc4s3)[nH]c12. The molecule has 3 N–H and O–H groups in total. The zero-order chi connectivity index (χ0) is 17.4. The first-order valence-electron chi connectivity index (χ1n) is 8.67. The summed E-state index contributed by atoms with van der Waals surface area (Å²) in [6.07, 6.45) is 3.09. The van der Waals surface area contributed by atoms with Crippen LogP contribution in [0.5, 0.6) is 0 Å². The van der Waals surface area contributed by atoms with Crippen LogP contribution in [-0.4, -0.2) is 11.5 Å². The third kappa shape index (κ3) is 2.97. The van der Waals surface area contributed by atoms with Crippen LogP contribution in [0, 0.1) is 6.92 Å². The van der Waals surface area contributed by atoms with Crippen molar-refractivity contribution in [2.24, 2.45) is 5.73 Å². The first-order chi connectivity index (χ1) is 12.2. The Balaban J connectivity index is 1.93. The van der Waals surface area contributed by atoms with E-state index in [0.717, 1.165) is 36.3 Å². The summed E-state index contributed by atoms with van der Waals surface area (Å²) >= 11 is 8.42. The number of nitrogens with one attached hydrogen (secondary N) is 1. The zero-order valence-electron chi connectivity index (χ0n) is 14.2. The van der Waals surface area contributed by atoms with Crippen LogP contribution >= 0.6 is 22.9 Å². The lowest BCUT2D eigenvalue weighted by Crippen LogP contribution is -1.99. The summed E-state index contributed by atoms with van der Waals surface area (Å²) < 4.78 is 1.31. The van der Waals surface area contributed by atoms with Crippen molar-refractivity contribution in [2.75, 3.05) is 6.54 Å². The Morgan fingerprint density at radius 1 is 1.12 bits per heavy atom. The van der Waals surface area contributed by atoms with Crippen LogP contribution in [0.15, 0.2) is 42.5 Å². The number of aromatic amines is 1. The molecule has 0 radical (unpaired) electrons. The Morgan fingerprint density at radius 2 is 1.96 bits per heavy atom. The largest absolute Gasteiger partial charge is 0.353 e. The lowest BCUT2D eigenvalue weighted by molar-refractivity contribution is 0.748. The Morgan fingerprint density at radius 3 is 2.76 bits per heavy atom. The molecule has 2 nitrogen and oxygen atoms in total. The second-order valence-electron chi connectivity index (χ2n) is 6.49. The molecular formula is C21H21ClN2S. The minimum atomic E-state index is 0.730. The molecule has 128 valence electrons. The summed E-state index contributed by atoms with van der Waals surface area (Å²) in [5, 5.41) is 3.29. The van der Waals surface area contributed by atoms with E-state index in [2.05, 4.69) is 48.3 Å². The van der Waals surface area contributed by atoms with Gasteiger partial charge in [0.2, 0.25) is 0 Å². The van der Waals surface area contributed by atoms with Gasteiger partial charge in [0.1, 0.15) is 0 Å². The number of thiophene rings is 1. The average Bonchev–Trinajstić information content (AvgIpc) is 3.20. The normalized spacial score (nSPS) is 11.6. The van der Waals surface area contributed by atoms with Crippen LogP contribution in [0.1, 0.15) is 24.0 Å². The lowest BCUT2D eigenvalue weighted by atomic mass is 10.0. The van der Waals surface area contributed by atoms with Gasteiger partial charge in [0.05, 0.1) is 21.1 Å². The minimum absolute atomic E-state index is 0.730. The second-order valence-corrected chi connectivity index (χ2v) is 7.98. The molecule has 0 saturated carbocycles. The number of unbranched alkanes of at least 4 members (excludes halogenated alkanes) is 1. The average molecular weight is 369 g/mol. The Labute approximate surface area is 156 Å². The molecule has 0 atom stereocenters. The van der Waals surface area contributed by atoms with Crippen LogP contribution in [0.2, 0.25) is 5.02 Å². The number of H-pyrrole nitrogens is 1. The third-order valence-corrected chi connectivity index (χ3v) is 6.22. The molecule has 2 aromatic carbocycles. The van der Waals surface area contributed by atoms with Crippen molar-refractivity contribution in [3.63, 3.8) is 0 Å². The van der Waals surface area contributed by atoms with Crippen LogP contribution in [0.3, 0.4) is 0 Å². The van der Waals surface area contributed by atoms with Crippen molar-refractivity contribution in [1.82, 2.24) is 4.98 Å². The topological polar surface area (TPSA) is 41.8 Å². The van der Waals surface area contributed by atoms with Gasteiger partial charge in [-0.2, -0.15) is 0 Å². The van der Waals surface area contributed by atoms with E-state index in [-0.39, 0.29) is 0 Å². The molecule has 0 saturated heterocycles. The Bertz CT molecular complexity index is 1010. The van der Waals surface area contributed by atoms with E-state index in [9.17, 15) is 0 Å². The van der Waals surface area contributed by atoms with Gasteiger partial charge in [-0.25, -0.2) is 0 Å². The predicted molar refractivity (Wildman–Crippen MR) is 111 cm³/mol. The molecule has 4 heteroatoms. The van der Waals surface area contributed by atoms with Crippen molar-refractivity contribution < 1.29 is 0 Å². The third-order valence-electron chi connectivity index (χ3n) is 4.77. The molecule has 25 heavy (non-hydrogen) atoms. The van der Waals surface area contributed by atoms with Crippen molar-refractivity contribution in [3.05, 3.63) is 58.6 Å². The molecule has 4 rings (SSSR count). The number of aryl methyl sites for hydroxylation is 2. The summed E-state index contributed by atoms with van der Waals surface area (Å²) in [6.45, 7) is 2.86. The number of benzene rings is 2. The van der Waals surface area contributed by atoms with E-state index in [1.807, 2.05) is 17.4 Å². The molecule has 2 heterocycles. The van der Waals surface area contributed by atoms with E-state index in [0.29, 0.717) is 0 Å². The summed E-state index contributed by atoms with van der Waals surface area (Å²) in [6, 6.07) is 14.9. The van der Waals surface area contributed by atoms with Crippen LogP contribution in [0.4, 0.5) is 0 Å². The van der Waals surface area contributed by atoms with Gasteiger partial charge in [0, 0.05) is 10.1 Å². The molecule has 0 spiro atoms. The number of aromatic nitrogens is 1. The highest BCUT2D eigenvalue weighted by Crippen LogP contribution is 2.41. The fourth-order valence-corrected chi connectivity index (χ4v) is 4.84. The fraction of sp³-hybridized carbons (Fsp3) is 0.238.